The summed E-state index contributed by atoms with van der Waals surface area (Å²) in [5, 5.41) is 19.0. The van der Waals surface area contributed by atoms with Crippen molar-refractivity contribution in [3.8, 4) is 0 Å². The zero-order chi connectivity index (χ0) is 29.0. The SMILES string of the molecule is CCn1nnc2c(C)c(C(c3cc(CN4C[C@H](C)Cc5ccccc5S4(O)O)c(C)s3)C(C)(C)C(=O)O)ccc21. The third-order valence-corrected chi connectivity index (χ3v) is 11.4. The number of nitrogens with zero attached hydrogens (tertiary/aromatic N) is 4. The molecule has 40 heavy (non-hydrogen) atoms. The number of thiophene rings is 1. The minimum Gasteiger partial charge on any atom is -0.481 e. The van der Waals surface area contributed by atoms with Crippen LogP contribution in [0.1, 0.15) is 65.6 Å². The summed E-state index contributed by atoms with van der Waals surface area (Å²) in [5.74, 6) is -1.06. The highest BCUT2D eigenvalue weighted by Gasteiger charge is 2.41. The van der Waals surface area contributed by atoms with E-state index in [1.807, 2.05) is 61.9 Å². The van der Waals surface area contributed by atoms with Gasteiger partial charge in [0.1, 0.15) is 5.52 Å². The van der Waals surface area contributed by atoms with Crippen molar-refractivity contribution in [2.75, 3.05) is 6.54 Å². The van der Waals surface area contributed by atoms with Gasteiger partial charge in [-0.1, -0.05) is 36.4 Å². The first-order valence-corrected chi connectivity index (χ1v) is 15.9. The molecule has 0 amide bonds. The first-order valence-electron chi connectivity index (χ1n) is 13.6. The summed E-state index contributed by atoms with van der Waals surface area (Å²) < 4.78 is 26.6. The van der Waals surface area contributed by atoms with Gasteiger partial charge in [-0.05, 0) is 87.4 Å². The predicted molar refractivity (Wildman–Crippen MR) is 161 cm³/mol. The molecule has 0 fully saturated rings. The van der Waals surface area contributed by atoms with Crippen LogP contribution in [0, 0.1) is 25.2 Å². The quantitative estimate of drug-likeness (QED) is 0.213. The van der Waals surface area contributed by atoms with Gasteiger partial charge in [-0.2, -0.15) is 4.31 Å². The maximum absolute atomic E-state index is 12.6. The summed E-state index contributed by atoms with van der Waals surface area (Å²) in [7, 11) is -3.18. The van der Waals surface area contributed by atoms with E-state index in [0.29, 0.717) is 24.5 Å². The van der Waals surface area contributed by atoms with Crippen LogP contribution in [0.4, 0.5) is 0 Å². The Morgan fingerprint density at radius 1 is 1.20 bits per heavy atom. The van der Waals surface area contributed by atoms with E-state index >= 15 is 0 Å². The van der Waals surface area contributed by atoms with Crippen LogP contribution in [0.2, 0.25) is 0 Å². The Morgan fingerprint density at radius 2 is 1.93 bits per heavy atom. The maximum Gasteiger partial charge on any atom is 0.310 e. The number of carboxylic acids is 1. The lowest BCUT2D eigenvalue weighted by Gasteiger charge is -2.42. The van der Waals surface area contributed by atoms with Gasteiger partial charge in [0.2, 0.25) is 0 Å². The molecule has 0 saturated heterocycles. The van der Waals surface area contributed by atoms with Crippen molar-refractivity contribution in [3.63, 3.8) is 0 Å². The first-order chi connectivity index (χ1) is 18.9. The summed E-state index contributed by atoms with van der Waals surface area (Å²) in [4.78, 5) is 15.2. The molecule has 0 radical (unpaired) electrons. The van der Waals surface area contributed by atoms with E-state index < -0.39 is 28.1 Å². The lowest BCUT2D eigenvalue weighted by atomic mass is 9.72. The van der Waals surface area contributed by atoms with Crippen LogP contribution >= 0.6 is 22.1 Å². The fraction of sp³-hybridized carbons (Fsp3) is 0.433. The number of carbonyl (C=O) groups is 1. The van der Waals surface area contributed by atoms with Crippen molar-refractivity contribution in [2.24, 2.45) is 11.3 Å². The average molecular weight is 583 g/mol. The number of rotatable bonds is 7. The number of aliphatic carboxylic acids is 1. The molecular weight excluding hydrogens is 544 g/mol. The summed E-state index contributed by atoms with van der Waals surface area (Å²) in [6, 6.07) is 13.7. The van der Waals surface area contributed by atoms with Crippen molar-refractivity contribution >= 4 is 39.1 Å². The van der Waals surface area contributed by atoms with Gasteiger partial charge in [0, 0.05) is 35.3 Å². The van der Waals surface area contributed by atoms with Crippen LogP contribution in [-0.2, 0) is 24.3 Å². The second-order valence-corrected chi connectivity index (χ2v) is 14.8. The summed E-state index contributed by atoms with van der Waals surface area (Å²) in [6.45, 7) is 13.3. The zero-order valence-electron chi connectivity index (χ0n) is 23.9. The molecule has 5 rings (SSSR count). The van der Waals surface area contributed by atoms with Gasteiger partial charge < -0.3 is 5.11 Å². The Morgan fingerprint density at radius 3 is 2.62 bits per heavy atom. The maximum atomic E-state index is 12.6. The molecule has 1 aliphatic rings. The van der Waals surface area contributed by atoms with E-state index in [4.69, 9.17) is 0 Å². The molecule has 1 aliphatic heterocycles. The highest BCUT2D eigenvalue weighted by atomic mass is 32.3. The largest absolute Gasteiger partial charge is 0.481 e. The molecule has 3 N–H and O–H groups in total. The van der Waals surface area contributed by atoms with Gasteiger partial charge in [0.05, 0.1) is 15.8 Å². The first kappa shape index (κ1) is 28.8. The highest BCUT2D eigenvalue weighted by molar-refractivity contribution is 8.22. The smallest absolute Gasteiger partial charge is 0.310 e. The van der Waals surface area contributed by atoms with Crippen molar-refractivity contribution < 1.29 is 19.0 Å². The molecule has 0 bridgehead atoms. The van der Waals surface area contributed by atoms with E-state index in [1.54, 1.807) is 29.5 Å². The van der Waals surface area contributed by atoms with Gasteiger partial charge in [-0.15, -0.1) is 27.2 Å². The molecule has 0 aliphatic carbocycles. The second kappa shape index (κ2) is 10.6. The van der Waals surface area contributed by atoms with Gasteiger partial charge in [-0.3, -0.25) is 13.9 Å². The van der Waals surface area contributed by atoms with Crippen LogP contribution in [0.5, 0.6) is 0 Å². The molecule has 0 saturated carbocycles. The summed E-state index contributed by atoms with van der Waals surface area (Å²) in [6.07, 6.45) is 0.787. The lowest BCUT2D eigenvalue weighted by Crippen LogP contribution is -2.32. The summed E-state index contributed by atoms with van der Waals surface area (Å²) >= 11 is 1.58. The van der Waals surface area contributed by atoms with Crippen molar-refractivity contribution in [1.82, 2.24) is 19.3 Å². The minimum atomic E-state index is -3.18. The Kier molecular flexibility index (Phi) is 7.60. The Balaban J connectivity index is 1.57. The summed E-state index contributed by atoms with van der Waals surface area (Å²) in [5.41, 5.74) is 4.41. The number of aryl methyl sites for hydroxylation is 3. The Hall–Kier alpha value is -2.76. The number of fused-ring (bicyclic) bond motifs is 2. The topological polar surface area (TPSA) is 112 Å². The van der Waals surface area contributed by atoms with Crippen LogP contribution in [0.3, 0.4) is 0 Å². The van der Waals surface area contributed by atoms with E-state index in [2.05, 4.69) is 23.3 Å². The third kappa shape index (κ3) is 4.86. The predicted octanol–water partition coefficient (Wildman–Crippen LogP) is 7.09. The fourth-order valence-corrected chi connectivity index (χ4v) is 9.08. The van der Waals surface area contributed by atoms with Gasteiger partial charge >= 0.3 is 5.97 Å². The number of hydrogen-bond acceptors (Lipinski definition) is 7. The monoisotopic (exact) mass is 582 g/mol. The highest BCUT2D eigenvalue weighted by Crippen LogP contribution is 2.56. The molecule has 3 heterocycles. The van der Waals surface area contributed by atoms with Crippen LogP contribution in [-0.4, -0.2) is 46.0 Å². The molecule has 1 unspecified atom stereocenters. The molecule has 214 valence electrons. The van der Waals surface area contributed by atoms with E-state index in [-0.39, 0.29) is 5.92 Å². The van der Waals surface area contributed by atoms with Gasteiger partial charge in [-0.25, -0.2) is 4.68 Å². The third-order valence-electron chi connectivity index (χ3n) is 8.25. The van der Waals surface area contributed by atoms with E-state index in [0.717, 1.165) is 49.5 Å². The number of hydrogen-bond donors (Lipinski definition) is 3. The molecule has 0 spiro atoms. The van der Waals surface area contributed by atoms with Gasteiger partial charge in [0.15, 0.2) is 0 Å². The average Bonchev–Trinajstić information content (AvgIpc) is 3.46. The zero-order valence-corrected chi connectivity index (χ0v) is 25.5. The normalized spacial score (nSPS) is 19.2. The standard InChI is InChI=1S/C30H38N4O4S2/c1-7-34-24-13-12-23(19(3)28(24)31-32-34)27(30(5,6)29(35)36)25-15-22(20(4)39-25)17-33-16-18(2)14-21-10-8-9-11-26(21)40(33,37)38/h8-13,15,18,27,37-38H,7,14,16-17H2,1-6H3,(H,35,36)/t18-,27?/m1/s1. The van der Waals surface area contributed by atoms with E-state index in [9.17, 15) is 19.0 Å². The molecule has 8 nitrogen and oxygen atoms in total. The van der Waals surface area contributed by atoms with Crippen LogP contribution in [0.25, 0.3) is 11.0 Å². The second-order valence-electron chi connectivity index (χ2n) is 11.5. The number of carboxylic acid groups (broad SMARTS) is 1. The molecule has 2 atom stereocenters. The number of benzene rings is 2. The molecule has 2 aromatic heterocycles. The van der Waals surface area contributed by atoms with Crippen LogP contribution in [0.15, 0.2) is 47.4 Å². The molecule has 4 aromatic rings. The lowest BCUT2D eigenvalue weighted by molar-refractivity contribution is -0.147. The molecule has 10 heteroatoms. The molecular formula is C30H38N4O4S2. The van der Waals surface area contributed by atoms with Crippen molar-refractivity contribution in [1.29, 1.82) is 0 Å². The van der Waals surface area contributed by atoms with Crippen LogP contribution < -0.4 is 0 Å². The van der Waals surface area contributed by atoms with Gasteiger partial charge in [0.25, 0.3) is 0 Å². The number of aromatic nitrogens is 3. The molecule has 2 aromatic carbocycles. The van der Waals surface area contributed by atoms with Crippen molar-refractivity contribution in [2.45, 2.75) is 71.9 Å². The van der Waals surface area contributed by atoms with Crippen molar-refractivity contribution in [3.05, 3.63) is 74.5 Å². The Bertz CT molecular complexity index is 1580. The Labute approximate surface area is 241 Å². The minimum absolute atomic E-state index is 0.248. The fourth-order valence-electron chi connectivity index (χ4n) is 5.91. The van der Waals surface area contributed by atoms with E-state index in [1.165, 1.54) is 0 Å².